The van der Waals surface area contributed by atoms with Crippen molar-refractivity contribution < 1.29 is 9.53 Å². The first-order chi connectivity index (χ1) is 12.4. The Kier molecular flexibility index (Phi) is 5.41. The average Bonchev–Trinajstić information content (AvgIpc) is 2.91. The van der Waals surface area contributed by atoms with Gasteiger partial charge in [0.25, 0.3) is 11.5 Å². The first-order valence-electron chi connectivity index (χ1n) is 7.98. The number of nitrogens with two attached hydrogens (primary N) is 1. The number of thiophene rings is 1. The molecule has 136 valence electrons. The van der Waals surface area contributed by atoms with Gasteiger partial charge in [0.1, 0.15) is 10.7 Å². The molecule has 0 unspecified atom stereocenters. The monoisotopic (exact) mass is 391 g/mol. The molecule has 2 aromatic heterocycles. The zero-order chi connectivity index (χ0) is 18.8. The van der Waals surface area contributed by atoms with Gasteiger partial charge < -0.3 is 10.5 Å². The van der Waals surface area contributed by atoms with E-state index in [0.717, 1.165) is 16.9 Å². The van der Waals surface area contributed by atoms with Gasteiger partial charge in [0.05, 0.1) is 23.4 Å². The molecule has 6 nitrogen and oxygen atoms in total. The number of ether oxygens (including phenoxy) is 1. The predicted octanol–water partition coefficient (Wildman–Crippen LogP) is 2.76. The first kappa shape index (κ1) is 18.6. The third-order valence-electron chi connectivity index (χ3n) is 4.12. The van der Waals surface area contributed by atoms with Crippen LogP contribution in [-0.4, -0.2) is 29.2 Å². The lowest BCUT2D eigenvalue weighted by Gasteiger charge is -2.12. The van der Waals surface area contributed by atoms with Crippen molar-refractivity contribution in [3.05, 3.63) is 61.5 Å². The van der Waals surface area contributed by atoms with E-state index >= 15 is 0 Å². The molecule has 0 aliphatic heterocycles. The summed E-state index contributed by atoms with van der Waals surface area (Å²) in [6, 6.07) is 7.42. The van der Waals surface area contributed by atoms with Crippen LogP contribution < -0.4 is 11.3 Å². The lowest BCUT2D eigenvalue weighted by molar-refractivity contribution is 0.100. The van der Waals surface area contributed by atoms with Crippen LogP contribution >= 0.6 is 22.9 Å². The Balaban J connectivity index is 2.19. The number of amides is 1. The highest BCUT2D eigenvalue weighted by molar-refractivity contribution is 7.20. The van der Waals surface area contributed by atoms with Gasteiger partial charge in [-0.1, -0.05) is 23.7 Å². The summed E-state index contributed by atoms with van der Waals surface area (Å²) in [6.45, 7) is 2.47. The Morgan fingerprint density at radius 1 is 1.42 bits per heavy atom. The molecule has 26 heavy (non-hydrogen) atoms. The van der Waals surface area contributed by atoms with E-state index in [1.165, 1.54) is 0 Å². The summed E-state index contributed by atoms with van der Waals surface area (Å²) in [4.78, 5) is 30.2. The number of hydrogen-bond donors (Lipinski definition) is 1. The number of aryl methyl sites for hydroxylation is 1. The van der Waals surface area contributed by atoms with Crippen molar-refractivity contribution in [2.24, 2.45) is 5.73 Å². The Labute approximate surface area is 159 Å². The smallest absolute Gasteiger partial charge is 0.262 e. The second-order valence-electron chi connectivity index (χ2n) is 5.88. The minimum Gasteiger partial charge on any atom is -0.383 e. The fraction of sp³-hybridized carbons (Fsp3) is 0.278. The van der Waals surface area contributed by atoms with Crippen LogP contribution in [0.25, 0.3) is 10.2 Å². The highest BCUT2D eigenvalue weighted by Gasteiger charge is 2.20. The SMILES string of the molecule is COCCn1c(Cc2cccc(Cl)c2)nc2sc(C(N)=O)c(C)c2c1=O. The van der Waals surface area contributed by atoms with E-state index < -0.39 is 5.91 Å². The van der Waals surface area contributed by atoms with E-state index in [1.807, 2.05) is 18.2 Å². The summed E-state index contributed by atoms with van der Waals surface area (Å²) >= 11 is 7.21. The number of carbonyl (C=O) groups is 1. The topological polar surface area (TPSA) is 87.2 Å². The molecule has 1 amide bonds. The Hall–Kier alpha value is -2.22. The van der Waals surface area contributed by atoms with Crippen LogP contribution in [0.4, 0.5) is 0 Å². The molecule has 0 fully saturated rings. The molecule has 3 rings (SSSR count). The van der Waals surface area contributed by atoms with E-state index in [4.69, 9.17) is 22.1 Å². The summed E-state index contributed by atoms with van der Waals surface area (Å²) in [5, 5.41) is 1.06. The second kappa shape index (κ2) is 7.57. The summed E-state index contributed by atoms with van der Waals surface area (Å²) in [6.07, 6.45) is 0.443. The van der Waals surface area contributed by atoms with Crippen molar-refractivity contribution in [1.82, 2.24) is 9.55 Å². The molecule has 0 radical (unpaired) electrons. The number of nitrogens with zero attached hydrogens (tertiary/aromatic N) is 2. The van der Waals surface area contributed by atoms with Gasteiger partial charge in [0.2, 0.25) is 0 Å². The van der Waals surface area contributed by atoms with Crippen molar-refractivity contribution in [1.29, 1.82) is 0 Å². The molecular formula is C18H18ClN3O3S. The van der Waals surface area contributed by atoms with Gasteiger partial charge >= 0.3 is 0 Å². The van der Waals surface area contributed by atoms with Crippen LogP contribution in [-0.2, 0) is 17.7 Å². The Bertz CT molecular complexity index is 1040. The van der Waals surface area contributed by atoms with E-state index in [1.54, 1.807) is 24.7 Å². The van der Waals surface area contributed by atoms with Crippen molar-refractivity contribution in [2.75, 3.05) is 13.7 Å². The van der Waals surface area contributed by atoms with Crippen LogP contribution in [0.3, 0.4) is 0 Å². The van der Waals surface area contributed by atoms with Gasteiger partial charge in [0.15, 0.2) is 0 Å². The normalized spacial score (nSPS) is 11.2. The van der Waals surface area contributed by atoms with E-state index in [0.29, 0.717) is 51.1 Å². The molecular weight excluding hydrogens is 374 g/mol. The van der Waals surface area contributed by atoms with Gasteiger partial charge in [-0.05, 0) is 30.2 Å². The van der Waals surface area contributed by atoms with Gasteiger partial charge in [-0.25, -0.2) is 4.98 Å². The van der Waals surface area contributed by atoms with Crippen LogP contribution in [0.15, 0.2) is 29.1 Å². The largest absolute Gasteiger partial charge is 0.383 e. The predicted molar refractivity (Wildman–Crippen MR) is 103 cm³/mol. The van der Waals surface area contributed by atoms with E-state index in [2.05, 4.69) is 4.98 Å². The zero-order valence-electron chi connectivity index (χ0n) is 14.4. The molecule has 0 spiro atoms. The molecule has 1 aromatic carbocycles. The fourth-order valence-corrected chi connectivity index (χ4v) is 4.13. The third-order valence-corrected chi connectivity index (χ3v) is 5.56. The minimum atomic E-state index is -0.551. The summed E-state index contributed by atoms with van der Waals surface area (Å²) in [7, 11) is 1.58. The van der Waals surface area contributed by atoms with Gasteiger partial charge in [-0.15, -0.1) is 11.3 Å². The molecule has 3 aromatic rings. The standard InChI is InChI=1S/C18H18ClN3O3S/c1-10-14-17(26-15(10)16(20)23)21-13(22(18(14)24)6-7-25-2)9-11-4-3-5-12(19)8-11/h3-5,8H,6-7,9H2,1-2H3,(H2,20,23). The number of fused-ring (bicyclic) bond motifs is 1. The maximum atomic E-state index is 13.1. The summed E-state index contributed by atoms with van der Waals surface area (Å²) in [5.41, 5.74) is 6.76. The quantitative estimate of drug-likeness (QED) is 0.699. The molecule has 0 saturated heterocycles. The van der Waals surface area contributed by atoms with Crippen LogP contribution in [0, 0.1) is 6.92 Å². The van der Waals surface area contributed by atoms with Gasteiger partial charge in [-0.3, -0.25) is 14.2 Å². The maximum absolute atomic E-state index is 13.1. The summed E-state index contributed by atoms with van der Waals surface area (Å²) < 4.78 is 6.73. The number of rotatable bonds is 6. The molecule has 0 bridgehead atoms. The number of hydrogen-bond acceptors (Lipinski definition) is 5. The van der Waals surface area contributed by atoms with Crippen molar-refractivity contribution in [2.45, 2.75) is 19.9 Å². The van der Waals surface area contributed by atoms with Crippen molar-refractivity contribution >= 4 is 39.1 Å². The van der Waals surface area contributed by atoms with E-state index in [9.17, 15) is 9.59 Å². The van der Waals surface area contributed by atoms with Crippen LogP contribution in [0.5, 0.6) is 0 Å². The highest BCUT2D eigenvalue weighted by atomic mass is 35.5. The number of benzene rings is 1. The molecule has 0 aliphatic rings. The average molecular weight is 392 g/mol. The number of methoxy groups -OCH3 is 1. The van der Waals surface area contributed by atoms with Crippen LogP contribution in [0.1, 0.15) is 26.6 Å². The molecule has 2 heterocycles. The lowest BCUT2D eigenvalue weighted by Crippen LogP contribution is -2.27. The van der Waals surface area contributed by atoms with Crippen molar-refractivity contribution in [3.8, 4) is 0 Å². The fourth-order valence-electron chi connectivity index (χ4n) is 2.87. The molecule has 0 aliphatic carbocycles. The zero-order valence-corrected chi connectivity index (χ0v) is 16.0. The highest BCUT2D eigenvalue weighted by Crippen LogP contribution is 2.27. The second-order valence-corrected chi connectivity index (χ2v) is 7.32. The van der Waals surface area contributed by atoms with Gasteiger partial charge in [-0.2, -0.15) is 0 Å². The maximum Gasteiger partial charge on any atom is 0.262 e. The first-order valence-corrected chi connectivity index (χ1v) is 9.17. The Morgan fingerprint density at radius 3 is 2.85 bits per heavy atom. The van der Waals surface area contributed by atoms with Crippen LogP contribution in [0.2, 0.25) is 5.02 Å². The number of halogens is 1. The molecule has 0 atom stereocenters. The number of primary amides is 1. The Morgan fingerprint density at radius 2 is 2.19 bits per heavy atom. The number of carbonyl (C=O) groups excluding carboxylic acids is 1. The van der Waals surface area contributed by atoms with E-state index in [-0.39, 0.29) is 5.56 Å². The molecule has 8 heteroatoms. The lowest BCUT2D eigenvalue weighted by atomic mass is 10.1. The third kappa shape index (κ3) is 3.51. The van der Waals surface area contributed by atoms with Gasteiger partial charge in [0, 0.05) is 18.6 Å². The molecule has 0 saturated carbocycles. The summed E-state index contributed by atoms with van der Waals surface area (Å²) in [5.74, 6) is 0.0452. The van der Waals surface area contributed by atoms with Crippen molar-refractivity contribution in [3.63, 3.8) is 0 Å². The minimum absolute atomic E-state index is 0.190. The molecule has 2 N–H and O–H groups in total. The number of aromatic nitrogens is 2.